The molecule has 0 spiro atoms. The zero-order valence-electron chi connectivity index (χ0n) is 9.25. The highest BCUT2D eigenvalue weighted by Crippen LogP contribution is 2.16. The number of hydrogen-bond acceptors (Lipinski definition) is 5. The number of H-pyrrole nitrogens is 2. The van der Waals surface area contributed by atoms with Crippen molar-refractivity contribution in [3.05, 3.63) is 46.8 Å². The number of rotatable bonds is 3. The second-order valence-electron chi connectivity index (χ2n) is 3.61. The van der Waals surface area contributed by atoms with Crippen molar-refractivity contribution in [2.24, 2.45) is 0 Å². The monoisotopic (exact) mass is 259 g/mol. The SMILES string of the molecule is O=c1[nH]c(CSc2ncn[nH]2)nc2ccccc12. The molecule has 6 nitrogen and oxygen atoms in total. The number of nitrogens with zero attached hydrogens (tertiary/aromatic N) is 3. The van der Waals surface area contributed by atoms with E-state index in [1.807, 2.05) is 18.2 Å². The molecule has 0 aliphatic rings. The fraction of sp³-hybridized carbons (Fsp3) is 0.0909. The largest absolute Gasteiger partial charge is 0.309 e. The molecular formula is C11H9N5OS. The Kier molecular flexibility index (Phi) is 2.81. The third-order valence-electron chi connectivity index (χ3n) is 2.40. The lowest BCUT2D eigenvalue weighted by Crippen LogP contribution is -2.11. The molecule has 7 heteroatoms. The highest BCUT2D eigenvalue weighted by molar-refractivity contribution is 7.98. The lowest BCUT2D eigenvalue weighted by molar-refractivity contribution is 0.965. The number of thioether (sulfide) groups is 1. The van der Waals surface area contributed by atoms with E-state index in [0.29, 0.717) is 27.6 Å². The van der Waals surface area contributed by atoms with Gasteiger partial charge in [0.05, 0.1) is 16.7 Å². The van der Waals surface area contributed by atoms with Gasteiger partial charge in [-0.2, -0.15) is 5.10 Å². The first-order valence-corrected chi connectivity index (χ1v) is 6.27. The van der Waals surface area contributed by atoms with E-state index < -0.39 is 0 Å². The van der Waals surface area contributed by atoms with Gasteiger partial charge in [-0.3, -0.25) is 9.89 Å². The van der Waals surface area contributed by atoms with Crippen molar-refractivity contribution < 1.29 is 0 Å². The molecule has 2 aromatic heterocycles. The first-order valence-electron chi connectivity index (χ1n) is 5.29. The molecule has 0 unspecified atom stereocenters. The molecule has 3 rings (SSSR count). The molecule has 0 fully saturated rings. The first kappa shape index (κ1) is 11.0. The van der Waals surface area contributed by atoms with Crippen LogP contribution in [0, 0.1) is 0 Å². The molecule has 2 heterocycles. The van der Waals surface area contributed by atoms with Crippen molar-refractivity contribution >= 4 is 22.7 Å². The average molecular weight is 259 g/mol. The van der Waals surface area contributed by atoms with E-state index in [1.165, 1.54) is 18.1 Å². The standard InChI is InChI=1S/C11H9N5OS/c17-10-7-3-1-2-4-8(7)14-9(15-10)5-18-11-12-6-13-16-11/h1-4,6H,5H2,(H,12,13,16)(H,14,15,17). The van der Waals surface area contributed by atoms with Crippen molar-refractivity contribution in [2.45, 2.75) is 10.9 Å². The van der Waals surface area contributed by atoms with Crippen LogP contribution in [0.1, 0.15) is 5.82 Å². The normalized spacial score (nSPS) is 10.9. The number of fused-ring (bicyclic) bond motifs is 1. The Morgan fingerprint density at radius 3 is 3.00 bits per heavy atom. The van der Waals surface area contributed by atoms with Crippen molar-refractivity contribution in [3.8, 4) is 0 Å². The molecule has 0 amide bonds. The maximum absolute atomic E-state index is 11.8. The third-order valence-corrected chi connectivity index (χ3v) is 3.29. The highest BCUT2D eigenvalue weighted by Gasteiger charge is 2.04. The van der Waals surface area contributed by atoms with E-state index in [4.69, 9.17) is 0 Å². The molecule has 0 saturated heterocycles. The fourth-order valence-electron chi connectivity index (χ4n) is 1.60. The Morgan fingerprint density at radius 1 is 1.28 bits per heavy atom. The van der Waals surface area contributed by atoms with Crippen LogP contribution in [0.3, 0.4) is 0 Å². The smallest absolute Gasteiger partial charge is 0.258 e. The minimum Gasteiger partial charge on any atom is -0.309 e. The van der Waals surface area contributed by atoms with Crippen molar-refractivity contribution in [3.63, 3.8) is 0 Å². The molecule has 0 aliphatic heterocycles. The number of aromatic nitrogens is 5. The van der Waals surface area contributed by atoms with Gasteiger partial charge in [0.2, 0.25) is 0 Å². The van der Waals surface area contributed by atoms with Crippen molar-refractivity contribution in [1.29, 1.82) is 0 Å². The highest BCUT2D eigenvalue weighted by atomic mass is 32.2. The summed E-state index contributed by atoms with van der Waals surface area (Å²) in [6.07, 6.45) is 1.44. The number of para-hydroxylation sites is 1. The van der Waals surface area contributed by atoms with Crippen LogP contribution in [0.5, 0.6) is 0 Å². The van der Waals surface area contributed by atoms with Gasteiger partial charge in [0.15, 0.2) is 5.16 Å². The summed E-state index contributed by atoms with van der Waals surface area (Å²) in [5.74, 6) is 1.16. The number of aromatic amines is 2. The summed E-state index contributed by atoms with van der Waals surface area (Å²) in [4.78, 5) is 23.0. The van der Waals surface area contributed by atoms with Crippen LogP contribution in [-0.2, 0) is 5.75 Å². The maximum Gasteiger partial charge on any atom is 0.258 e. The molecule has 18 heavy (non-hydrogen) atoms. The number of benzene rings is 1. The van der Waals surface area contributed by atoms with E-state index >= 15 is 0 Å². The van der Waals surface area contributed by atoms with Gasteiger partial charge in [-0.15, -0.1) is 0 Å². The summed E-state index contributed by atoms with van der Waals surface area (Å²) in [5, 5.41) is 7.80. The Morgan fingerprint density at radius 2 is 2.17 bits per heavy atom. The van der Waals surface area contributed by atoms with Crippen LogP contribution in [0.4, 0.5) is 0 Å². The summed E-state index contributed by atoms with van der Waals surface area (Å²) in [7, 11) is 0. The van der Waals surface area contributed by atoms with Gasteiger partial charge in [-0.1, -0.05) is 23.9 Å². The summed E-state index contributed by atoms with van der Waals surface area (Å²) in [6.45, 7) is 0. The fourth-order valence-corrected chi connectivity index (χ4v) is 2.25. The molecular weight excluding hydrogens is 250 g/mol. The molecule has 3 aromatic rings. The Balaban J connectivity index is 1.91. The molecule has 1 aromatic carbocycles. The molecule has 0 saturated carbocycles. The Bertz CT molecular complexity index is 722. The van der Waals surface area contributed by atoms with Crippen molar-refractivity contribution in [2.75, 3.05) is 0 Å². The summed E-state index contributed by atoms with van der Waals surface area (Å²) in [6, 6.07) is 7.27. The van der Waals surface area contributed by atoms with E-state index in [2.05, 4.69) is 25.1 Å². The second kappa shape index (κ2) is 4.61. The average Bonchev–Trinajstić information content (AvgIpc) is 2.90. The minimum atomic E-state index is -0.117. The topological polar surface area (TPSA) is 87.3 Å². The van der Waals surface area contributed by atoms with Gasteiger partial charge in [-0.05, 0) is 12.1 Å². The lowest BCUT2D eigenvalue weighted by atomic mass is 10.2. The van der Waals surface area contributed by atoms with Crippen LogP contribution < -0.4 is 5.56 Å². The molecule has 90 valence electrons. The van der Waals surface area contributed by atoms with Gasteiger partial charge in [0.1, 0.15) is 12.2 Å². The van der Waals surface area contributed by atoms with Gasteiger partial charge >= 0.3 is 0 Å². The second-order valence-corrected chi connectivity index (χ2v) is 4.57. The summed E-state index contributed by atoms with van der Waals surface area (Å²) < 4.78 is 0. The van der Waals surface area contributed by atoms with Crippen LogP contribution in [0.15, 0.2) is 40.5 Å². The maximum atomic E-state index is 11.8. The Labute approximate surface area is 106 Å². The molecule has 0 radical (unpaired) electrons. The zero-order chi connectivity index (χ0) is 12.4. The van der Waals surface area contributed by atoms with Crippen LogP contribution in [0.25, 0.3) is 10.9 Å². The molecule has 0 aliphatic carbocycles. The van der Waals surface area contributed by atoms with Crippen LogP contribution >= 0.6 is 11.8 Å². The third kappa shape index (κ3) is 2.12. The quantitative estimate of drug-likeness (QED) is 0.693. The number of nitrogens with one attached hydrogen (secondary N) is 2. The van der Waals surface area contributed by atoms with E-state index in [9.17, 15) is 4.79 Å². The van der Waals surface area contributed by atoms with E-state index in [0.717, 1.165) is 0 Å². The van der Waals surface area contributed by atoms with E-state index in [1.54, 1.807) is 6.07 Å². The van der Waals surface area contributed by atoms with Gasteiger partial charge in [0, 0.05) is 0 Å². The minimum absolute atomic E-state index is 0.117. The number of hydrogen-bond donors (Lipinski definition) is 2. The predicted molar refractivity (Wildman–Crippen MR) is 68.3 cm³/mol. The Hall–Kier alpha value is -2.15. The van der Waals surface area contributed by atoms with Gasteiger partial charge in [0.25, 0.3) is 5.56 Å². The van der Waals surface area contributed by atoms with Crippen LogP contribution in [0.2, 0.25) is 0 Å². The molecule has 0 atom stereocenters. The lowest BCUT2D eigenvalue weighted by Gasteiger charge is -2.01. The zero-order valence-corrected chi connectivity index (χ0v) is 10.1. The van der Waals surface area contributed by atoms with Crippen molar-refractivity contribution in [1.82, 2.24) is 25.1 Å². The van der Waals surface area contributed by atoms with Crippen LogP contribution in [-0.4, -0.2) is 25.1 Å². The first-order chi connectivity index (χ1) is 8.83. The predicted octanol–water partition coefficient (Wildman–Crippen LogP) is 1.33. The van der Waals surface area contributed by atoms with Gasteiger partial charge in [-0.25, -0.2) is 9.97 Å². The van der Waals surface area contributed by atoms with Gasteiger partial charge < -0.3 is 4.98 Å². The van der Waals surface area contributed by atoms with E-state index in [-0.39, 0.29) is 5.56 Å². The molecule has 0 bridgehead atoms. The molecule has 2 N–H and O–H groups in total. The summed E-state index contributed by atoms with van der Waals surface area (Å²) in [5.41, 5.74) is 0.586. The summed E-state index contributed by atoms with van der Waals surface area (Å²) >= 11 is 1.44.